The normalized spacial score (nSPS) is 22.1. The molecule has 110 valence electrons. The number of rotatable bonds is 5. The van der Waals surface area contributed by atoms with Crippen LogP contribution in [-0.4, -0.2) is 27.7 Å². The highest BCUT2D eigenvalue weighted by molar-refractivity contribution is 5.47. The highest BCUT2D eigenvalue weighted by Gasteiger charge is 2.23. The Balaban J connectivity index is 1.96. The van der Waals surface area contributed by atoms with Crippen LogP contribution in [0.4, 0.5) is 5.69 Å². The van der Waals surface area contributed by atoms with E-state index < -0.39 is 0 Å². The van der Waals surface area contributed by atoms with Crippen LogP contribution < -0.4 is 5.32 Å². The summed E-state index contributed by atoms with van der Waals surface area (Å²) in [5, 5.41) is 23.8. The molecular weight excluding hydrogens is 258 g/mol. The quantitative estimate of drug-likeness (QED) is 0.634. The zero-order valence-electron chi connectivity index (χ0n) is 11.9. The summed E-state index contributed by atoms with van der Waals surface area (Å²) in [6.45, 7) is 4.79. The summed E-state index contributed by atoms with van der Waals surface area (Å²) in [6, 6.07) is 0. The molecule has 0 saturated heterocycles. The van der Waals surface area contributed by atoms with E-state index in [-0.39, 0.29) is 16.7 Å². The minimum Gasteiger partial charge on any atom is -0.393 e. The predicted octanol–water partition coefficient (Wildman–Crippen LogP) is 1.86. The summed E-state index contributed by atoms with van der Waals surface area (Å²) in [5.41, 5.74) is 2.11. The van der Waals surface area contributed by atoms with Gasteiger partial charge in [-0.1, -0.05) is 0 Å². The van der Waals surface area contributed by atoms with Gasteiger partial charge < -0.3 is 10.4 Å². The van der Waals surface area contributed by atoms with Gasteiger partial charge in [0.1, 0.15) is 0 Å². The average Bonchev–Trinajstić information content (AvgIpc) is 2.77. The van der Waals surface area contributed by atoms with Crippen LogP contribution in [-0.2, 0) is 6.54 Å². The Morgan fingerprint density at radius 3 is 2.85 bits per heavy atom. The standard InChI is InChI=1S/C14H21N3O3/c1-9-6-16-13(10(2)14(9)17(19)20)8-15-7-11-3-4-12(18)5-11/h6,11-12,15,18H,3-5,7-8H2,1-2H3. The third kappa shape index (κ3) is 3.32. The van der Waals surface area contributed by atoms with Gasteiger partial charge in [0.05, 0.1) is 16.7 Å². The average molecular weight is 279 g/mol. The molecule has 0 amide bonds. The molecule has 1 saturated carbocycles. The molecule has 1 aliphatic carbocycles. The van der Waals surface area contributed by atoms with Gasteiger partial charge >= 0.3 is 0 Å². The van der Waals surface area contributed by atoms with E-state index in [2.05, 4.69) is 10.3 Å². The Labute approximate surface area is 118 Å². The lowest BCUT2D eigenvalue weighted by molar-refractivity contribution is -0.386. The minimum atomic E-state index is -0.344. The maximum Gasteiger partial charge on any atom is 0.278 e. The van der Waals surface area contributed by atoms with Crippen LogP contribution in [0.5, 0.6) is 0 Å². The lowest BCUT2D eigenvalue weighted by Crippen LogP contribution is -2.22. The van der Waals surface area contributed by atoms with E-state index in [0.29, 0.717) is 23.6 Å². The second kappa shape index (κ2) is 6.28. The molecule has 0 aromatic carbocycles. The molecule has 1 aliphatic rings. The van der Waals surface area contributed by atoms with Gasteiger partial charge in [0.2, 0.25) is 0 Å². The van der Waals surface area contributed by atoms with E-state index in [1.165, 1.54) is 0 Å². The first-order valence-electron chi connectivity index (χ1n) is 6.97. The van der Waals surface area contributed by atoms with Crippen LogP contribution in [0, 0.1) is 29.9 Å². The predicted molar refractivity (Wildman–Crippen MR) is 75.4 cm³/mol. The van der Waals surface area contributed by atoms with Crippen molar-refractivity contribution in [2.75, 3.05) is 6.54 Å². The Morgan fingerprint density at radius 1 is 1.50 bits per heavy atom. The number of aromatic nitrogens is 1. The molecule has 0 aliphatic heterocycles. The molecule has 6 nitrogen and oxygen atoms in total. The van der Waals surface area contributed by atoms with Gasteiger partial charge in [-0.15, -0.1) is 0 Å². The van der Waals surface area contributed by atoms with Gasteiger partial charge in [-0.25, -0.2) is 0 Å². The van der Waals surface area contributed by atoms with Crippen molar-refractivity contribution in [2.45, 2.75) is 45.8 Å². The zero-order chi connectivity index (χ0) is 14.7. The molecule has 6 heteroatoms. The minimum absolute atomic E-state index is 0.160. The largest absolute Gasteiger partial charge is 0.393 e. The number of aliphatic hydroxyl groups excluding tert-OH is 1. The van der Waals surface area contributed by atoms with Crippen LogP contribution in [0.3, 0.4) is 0 Å². The molecule has 1 heterocycles. The lowest BCUT2D eigenvalue weighted by Gasteiger charge is -2.12. The number of hydrogen-bond acceptors (Lipinski definition) is 5. The van der Waals surface area contributed by atoms with Crippen LogP contribution in [0.2, 0.25) is 0 Å². The first-order chi connectivity index (χ1) is 9.49. The van der Waals surface area contributed by atoms with Crippen molar-refractivity contribution >= 4 is 5.69 Å². The fourth-order valence-electron chi connectivity index (χ4n) is 2.85. The van der Waals surface area contributed by atoms with E-state index in [9.17, 15) is 15.2 Å². The fraction of sp³-hybridized carbons (Fsp3) is 0.643. The molecule has 1 fully saturated rings. The highest BCUT2D eigenvalue weighted by atomic mass is 16.6. The van der Waals surface area contributed by atoms with Crippen molar-refractivity contribution in [3.05, 3.63) is 33.1 Å². The van der Waals surface area contributed by atoms with E-state index in [4.69, 9.17) is 0 Å². The van der Waals surface area contributed by atoms with Crippen molar-refractivity contribution < 1.29 is 10.0 Å². The molecule has 2 N–H and O–H groups in total. The Kier molecular flexibility index (Phi) is 4.67. The molecule has 0 bridgehead atoms. The smallest absolute Gasteiger partial charge is 0.278 e. The van der Waals surface area contributed by atoms with E-state index >= 15 is 0 Å². The van der Waals surface area contributed by atoms with Gasteiger partial charge in [0, 0.05) is 23.9 Å². The molecule has 20 heavy (non-hydrogen) atoms. The van der Waals surface area contributed by atoms with E-state index in [1.807, 2.05) is 0 Å². The number of aliphatic hydroxyl groups is 1. The van der Waals surface area contributed by atoms with E-state index in [0.717, 1.165) is 31.5 Å². The third-order valence-electron chi connectivity index (χ3n) is 4.00. The summed E-state index contributed by atoms with van der Waals surface area (Å²) in [7, 11) is 0. The van der Waals surface area contributed by atoms with E-state index in [1.54, 1.807) is 20.0 Å². The summed E-state index contributed by atoms with van der Waals surface area (Å²) in [6.07, 6.45) is 4.14. The summed E-state index contributed by atoms with van der Waals surface area (Å²) >= 11 is 0. The van der Waals surface area contributed by atoms with Crippen LogP contribution in [0.25, 0.3) is 0 Å². The number of nitrogens with zero attached hydrogens (tertiary/aromatic N) is 2. The Hall–Kier alpha value is -1.53. The van der Waals surface area contributed by atoms with Gasteiger partial charge in [-0.3, -0.25) is 15.1 Å². The Morgan fingerprint density at radius 2 is 2.25 bits per heavy atom. The fourth-order valence-corrected chi connectivity index (χ4v) is 2.85. The van der Waals surface area contributed by atoms with Crippen molar-refractivity contribution in [3.63, 3.8) is 0 Å². The molecule has 0 spiro atoms. The number of nitro groups is 1. The number of nitrogens with one attached hydrogen (secondary N) is 1. The van der Waals surface area contributed by atoms with Gasteiger partial charge in [0.15, 0.2) is 0 Å². The van der Waals surface area contributed by atoms with Crippen LogP contribution in [0.15, 0.2) is 6.20 Å². The number of hydrogen-bond donors (Lipinski definition) is 2. The summed E-state index contributed by atoms with van der Waals surface area (Å²) in [4.78, 5) is 15.0. The van der Waals surface area contributed by atoms with Crippen molar-refractivity contribution in [1.29, 1.82) is 0 Å². The second-order valence-corrected chi connectivity index (χ2v) is 5.58. The van der Waals surface area contributed by atoms with Crippen molar-refractivity contribution in [3.8, 4) is 0 Å². The molecule has 2 atom stereocenters. The third-order valence-corrected chi connectivity index (χ3v) is 4.00. The molecular formula is C14H21N3O3. The van der Waals surface area contributed by atoms with Gasteiger partial charge in [-0.2, -0.15) is 0 Å². The van der Waals surface area contributed by atoms with Gasteiger partial charge in [0.25, 0.3) is 5.69 Å². The van der Waals surface area contributed by atoms with Crippen molar-refractivity contribution in [2.24, 2.45) is 5.92 Å². The molecule has 1 aromatic rings. The van der Waals surface area contributed by atoms with Crippen LogP contribution in [0.1, 0.15) is 36.1 Å². The maximum atomic E-state index is 11.0. The maximum absolute atomic E-state index is 11.0. The molecule has 2 unspecified atom stereocenters. The monoisotopic (exact) mass is 279 g/mol. The van der Waals surface area contributed by atoms with Crippen molar-refractivity contribution in [1.82, 2.24) is 10.3 Å². The SMILES string of the molecule is Cc1cnc(CNCC2CCC(O)C2)c(C)c1[N+](=O)[O-]. The first-order valence-corrected chi connectivity index (χ1v) is 6.97. The number of pyridine rings is 1. The van der Waals surface area contributed by atoms with Crippen LogP contribution >= 0.6 is 0 Å². The second-order valence-electron chi connectivity index (χ2n) is 5.58. The highest BCUT2D eigenvalue weighted by Crippen LogP contribution is 2.26. The zero-order valence-corrected chi connectivity index (χ0v) is 11.9. The summed E-state index contributed by atoms with van der Waals surface area (Å²) < 4.78 is 0. The number of aryl methyl sites for hydroxylation is 1. The molecule has 2 rings (SSSR count). The molecule has 1 aromatic heterocycles. The topological polar surface area (TPSA) is 88.3 Å². The molecule has 0 radical (unpaired) electrons. The Bertz CT molecular complexity index is 505. The van der Waals surface area contributed by atoms with Gasteiger partial charge in [-0.05, 0) is 45.6 Å². The first kappa shape index (κ1) is 14.9. The lowest BCUT2D eigenvalue weighted by atomic mass is 10.1. The summed E-state index contributed by atoms with van der Waals surface area (Å²) in [5.74, 6) is 0.491.